The van der Waals surface area contributed by atoms with Gasteiger partial charge in [-0.05, 0) is 43.7 Å². The van der Waals surface area contributed by atoms with E-state index < -0.39 is 0 Å². The summed E-state index contributed by atoms with van der Waals surface area (Å²) >= 11 is 0. The molecule has 2 rings (SSSR count). The lowest BCUT2D eigenvalue weighted by molar-refractivity contribution is -0.116. The lowest BCUT2D eigenvalue weighted by Gasteiger charge is -2.08. The maximum Gasteiger partial charge on any atom is 0.224 e. The Bertz CT molecular complexity index is 584. The average molecular weight is 312 g/mol. The van der Waals surface area contributed by atoms with Gasteiger partial charge in [-0.25, -0.2) is 4.98 Å². The fourth-order valence-electron chi connectivity index (χ4n) is 2.22. The number of carbonyl (C=O) groups excluding carboxylic acids is 1. The second kappa shape index (κ2) is 9.58. The molecular formula is C18H24N4O. The summed E-state index contributed by atoms with van der Waals surface area (Å²) in [5, 5.41) is 6.07. The van der Waals surface area contributed by atoms with Crippen LogP contribution in [0.4, 0.5) is 17.2 Å². The number of rotatable bonds is 9. The summed E-state index contributed by atoms with van der Waals surface area (Å²) in [5.41, 5.74) is 7.14. The minimum atomic E-state index is 0.0308. The maximum absolute atomic E-state index is 11.8. The molecule has 0 saturated heterocycles. The maximum atomic E-state index is 11.8. The molecule has 5 nitrogen and oxygen atoms in total. The van der Waals surface area contributed by atoms with Gasteiger partial charge >= 0.3 is 0 Å². The fraction of sp³-hybridized carbons (Fsp3) is 0.333. The van der Waals surface area contributed by atoms with Crippen molar-refractivity contribution in [1.29, 1.82) is 0 Å². The standard InChI is InChI=1S/C18H24N4O/c19-13-7-2-1-6-10-18(23)22-16-11-12-17(20-14-16)21-15-8-4-3-5-9-15/h3-5,8-9,11-12,14H,1-2,6-7,10,13,19H2,(H,20,21)(H,22,23). The fourth-order valence-corrected chi connectivity index (χ4v) is 2.22. The van der Waals surface area contributed by atoms with Gasteiger partial charge in [0.15, 0.2) is 0 Å². The van der Waals surface area contributed by atoms with Crippen molar-refractivity contribution < 1.29 is 4.79 Å². The third-order valence-electron chi connectivity index (χ3n) is 3.45. The van der Waals surface area contributed by atoms with E-state index in [1.165, 1.54) is 0 Å². The van der Waals surface area contributed by atoms with Gasteiger partial charge in [0.2, 0.25) is 5.91 Å². The Kier molecular flexibility index (Phi) is 7.07. The van der Waals surface area contributed by atoms with Gasteiger partial charge in [-0.1, -0.05) is 31.0 Å². The highest BCUT2D eigenvalue weighted by Crippen LogP contribution is 2.16. The van der Waals surface area contributed by atoms with Gasteiger partial charge in [-0.3, -0.25) is 4.79 Å². The Morgan fingerprint density at radius 3 is 2.43 bits per heavy atom. The number of aromatic nitrogens is 1. The number of pyridine rings is 1. The van der Waals surface area contributed by atoms with Crippen LogP contribution < -0.4 is 16.4 Å². The van der Waals surface area contributed by atoms with E-state index in [2.05, 4.69) is 15.6 Å². The Balaban J connectivity index is 1.75. The molecule has 0 atom stereocenters. The molecule has 0 bridgehead atoms. The molecular weight excluding hydrogens is 288 g/mol. The molecule has 0 aliphatic heterocycles. The smallest absolute Gasteiger partial charge is 0.224 e. The third kappa shape index (κ3) is 6.48. The van der Waals surface area contributed by atoms with Gasteiger partial charge in [0.05, 0.1) is 11.9 Å². The van der Waals surface area contributed by atoms with E-state index >= 15 is 0 Å². The summed E-state index contributed by atoms with van der Waals surface area (Å²) < 4.78 is 0. The van der Waals surface area contributed by atoms with Gasteiger partial charge < -0.3 is 16.4 Å². The minimum absolute atomic E-state index is 0.0308. The molecule has 5 heteroatoms. The van der Waals surface area contributed by atoms with Crippen molar-refractivity contribution in [2.75, 3.05) is 17.2 Å². The molecule has 4 N–H and O–H groups in total. The Hall–Kier alpha value is -2.40. The van der Waals surface area contributed by atoms with E-state index in [9.17, 15) is 4.79 Å². The Morgan fingerprint density at radius 2 is 1.74 bits per heavy atom. The summed E-state index contributed by atoms with van der Waals surface area (Å²) in [6, 6.07) is 13.5. The molecule has 0 fully saturated rings. The molecule has 1 heterocycles. The SMILES string of the molecule is NCCCCCCC(=O)Nc1ccc(Nc2ccccc2)nc1. The summed E-state index contributed by atoms with van der Waals surface area (Å²) in [7, 11) is 0. The molecule has 0 aliphatic carbocycles. The van der Waals surface area contributed by atoms with Crippen molar-refractivity contribution in [3.8, 4) is 0 Å². The lowest BCUT2D eigenvalue weighted by Crippen LogP contribution is -2.11. The monoisotopic (exact) mass is 312 g/mol. The van der Waals surface area contributed by atoms with Crippen LogP contribution in [0.25, 0.3) is 0 Å². The molecule has 1 aromatic carbocycles. The molecule has 23 heavy (non-hydrogen) atoms. The number of nitrogens with zero attached hydrogens (tertiary/aromatic N) is 1. The minimum Gasteiger partial charge on any atom is -0.340 e. The highest BCUT2D eigenvalue weighted by molar-refractivity contribution is 5.90. The number of nitrogens with one attached hydrogen (secondary N) is 2. The highest BCUT2D eigenvalue weighted by atomic mass is 16.1. The number of benzene rings is 1. The zero-order chi connectivity index (χ0) is 16.3. The molecule has 1 amide bonds. The second-order valence-electron chi connectivity index (χ2n) is 5.42. The summed E-state index contributed by atoms with van der Waals surface area (Å²) in [4.78, 5) is 16.1. The van der Waals surface area contributed by atoms with Gasteiger partial charge in [-0.15, -0.1) is 0 Å². The van der Waals surface area contributed by atoms with Crippen LogP contribution in [0.1, 0.15) is 32.1 Å². The molecule has 0 saturated carbocycles. The normalized spacial score (nSPS) is 10.3. The van der Waals surface area contributed by atoms with Crippen molar-refractivity contribution in [3.05, 3.63) is 48.7 Å². The van der Waals surface area contributed by atoms with Crippen molar-refractivity contribution in [3.63, 3.8) is 0 Å². The van der Waals surface area contributed by atoms with Gasteiger partial charge in [-0.2, -0.15) is 0 Å². The third-order valence-corrected chi connectivity index (χ3v) is 3.45. The van der Waals surface area contributed by atoms with Crippen LogP contribution in [0.5, 0.6) is 0 Å². The van der Waals surface area contributed by atoms with Crippen molar-refractivity contribution >= 4 is 23.1 Å². The highest BCUT2D eigenvalue weighted by Gasteiger charge is 2.03. The Labute approximate surface area is 137 Å². The first-order valence-corrected chi connectivity index (χ1v) is 8.06. The number of hydrogen-bond donors (Lipinski definition) is 3. The number of anilines is 3. The van der Waals surface area contributed by atoms with Crippen molar-refractivity contribution in [2.24, 2.45) is 5.73 Å². The second-order valence-corrected chi connectivity index (χ2v) is 5.42. The van der Waals surface area contributed by atoms with Crippen LogP contribution in [0.15, 0.2) is 48.7 Å². The average Bonchev–Trinajstić information content (AvgIpc) is 2.57. The molecule has 1 aromatic heterocycles. The van der Waals surface area contributed by atoms with Crippen LogP contribution in [-0.2, 0) is 4.79 Å². The van der Waals surface area contributed by atoms with Crippen LogP contribution in [0.3, 0.4) is 0 Å². The van der Waals surface area contributed by atoms with E-state index in [1.54, 1.807) is 6.20 Å². The number of unbranched alkanes of at least 4 members (excludes halogenated alkanes) is 3. The van der Waals surface area contributed by atoms with E-state index in [-0.39, 0.29) is 5.91 Å². The van der Waals surface area contributed by atoms with E-state index in [1.807, 2.05) is 42.5 Å². The number of nitrogens with two attached hydrogens (primary N) is 1. The molecule has 122 valence electrons. The van der Waals surface area contributed by atoms with Gasteiger partial charge in [0, 0.05) is 12.1 Å². The molecule has 0 unspecified atom stereocenters. The first-order chi connectivity index (χ1) is 11.3. The van der Waals surface area contributed by atoms with E-state index in [0.29, 0.717) is 6.42 Å². The topological polar surface area (TPSA) is 80.0 Å². The summed E-state index contributed by atoms with van der Waals surface area (Å²) in [6.07, 6.45) is 6.26. The van der Waals surface area contributed by atoms with Crippen molar-refractivity contribution in [2.45, 2.75) is 32.1 Å². The molecule has 2 aromatic rings. The molecule has 0 radical (unpaired) electrons. The van der Waals surface area contributed by atoms with Crippen molar-refractivity contribution in [1.82, 2.24) is 4.98 Å². The lowest BCUT2D eigenvalue weighted by atomic mass is 10.1. The molecule has 0 aliphatic rings. The van der Waals surface area contributed by atoms with Crippen LogP contribution in [0, 0.1) is 0 Å². The van der Waals surface area contributed by atoms with Gasteiger partial charge in [0.1, 0.15) is 5.82 Å². The van der Waals surface area contributed by atoms with E-state index in [0.717, 1.165) is 49.4 Å². The van der Waals surface area contributed by atoms with Crippen LogP contribution in [0.2, 0.25) is 0 Å². The zero-order valence-electron chi connectivity index (χ0n) is 13.3. The predicted molar refractivity (Wildman–Crippen MR) is 94.7 cm³/mol. The summed E-state index contributed by atoms with van der Waals surface area (Å²) in [5.74, 6) is 0.777. The van der Waals surface area contributed by atoms with E-state index in [4.69, 9.17) is 5.73 Å². The Morgan fingerprint density at radius 1 is 0.957 bits per heavy atom. The summed E-state index contributed by atoms with van der Waals surface area (Å²) in [6.45, 7) is 0.723. The quantitative estimate of drug-likeness (QED) is 0.617. The zero-order valence-corrected chi connectivity index (χ0v) is 13.3. The molecule has 0 spiro atoms. The predicted octanol–water partition coefficient (Wildman–Crippen LogP) is 3.67. The number of carbonyl (C=O) groups is 1. The number of amides is 1. The number of hydrogen-bond acceptors (Lipinski definition) is 4. The number of para-hydroxylation sites is 1. The largest absolute Gasteiger partial charge is 0.340 e. The first-order valence-electron chi connectivity index (χ1n) is 8.06. The van der Waals surface area contributed by atoms with Gasteiger partial charge in [0.25, 0.3) is 0 Å². The first kappa shape index (κ1) is 17.0. The van der Waals surface area contributed by atoms with Crippen LogP contribution in [-0.4, -0.2) is 17.4 Å². The van der Waals surface area contributed by atoms with Crippen LogP contribution >= 0.6 is 0 Å².